The number of hydroxylamine groups is 1. The van der Waals surface area contributed by atoms with E-state index in [4.69, 9.17) is 4.84 Å². The van der Waals surface area contributed by atoms with Crippen molar-refractivity contribution in [1.82, 2.24) is 5.48 Å². The molecule has 1 heterocycles. The molecular weight excluding hydrogens is 130 g/mol. The van der Waals surface area contributed by atoms with Crippen LogP contribution < -0.4 is 5.48 Å². The van der Waals surface area contributed by atoms with Crippen molar-refractivity contribution >= 4 is 5.91 Å². The SMILES string of the molecule is CC1(C)CCC(=O)NOC1. The van der Waals surface area contributed by atoms with Crippen molar-refractivity contribution in [3.8, 4) is 0 Å². The van der Waals surface area contributed by atoms with E-state index in [1.54, 1.807) is 0 Å². The van der Waals surface area contributed by atoms with Crippen LogP contribution in [0.1, 0.15) is 26.7 Å². The van der Waals surface area contributed by atoms with Gasteiger partial charge in [-0.2, -0.15) is 0 Å². The summed E-state index contributed by atoms with van der Waals surface area (Å²) in [6.45, 7) is 4.79. The van der Waals surface area contributed by atoms with E-state index in [1.165, 1.54) is 0 Å². The molecule has 10 heavy (non-hydrogen) atoms. The minimum atomic E-state index is -0.00873. The molecule has 0 bridgehead atoms. The van der Waals surface area contributed by atoms with Gasteiger partial charge in [-0.3, -0.25) is 9.63 Å². The van der Waals surface area contributed by atoms with Crippen molar-refractivity contribution in [2.24, 2.45) is 5.41 Å². The number of nitrogens with one attached hydrogen (secondary N) is 1. The molecule has 3 nitrogen and oxygen atoms in total. The van der Waals surface area contributed by atoms with Crippen molar-refractivity contribution < 1.29 is 9.63 Å². The molecular formula is C7H13NO2. The Morgan fingerprint density at radius 2 is 2.30 bits per heavy atom. The lowest BCUT2D eigenvalue weighted by molar-refractivity contribution is -0.132. The van der Waals surface area contributed by atoms with Crippen LogP contribution >= 0.6 is 0 Å². The summed E-state index contributed by atoms with van der Waals surface area (Å²) in [6.07, 6.45) is 1.48. The van der Waals surface area contributed by atoms with E-state index in [1.807, 2.05) is 0 Å². The van der Waals surface area contributed by atoms with Gasteiger partial charge in [0.25, 0.3) is 0 Å². The van der Waals surface area contributed by atoms with E-state index in [-0.39, 0.29) is 11.3 Å². The lowest BCUT2D eigenvalue weighted by atomic mass is 9.89. The Hall–Kier alpha value is -0.570. The number of carbonyl (C=O) groups excluding carboxylic acids is 1. The number of carbonyl (C=O) groups is 1. The maximum Gasteiger partial charge on any atom is 0.243 e. The Balaban J connectivity index is 2.48. The Morgan fingerprint density at radius 3 is 3.00 bits per heavy atom. The summed E-state index contributed by atoms with van der Waals surface area (Å²) < 4.78 is 0. The van der Waals surface area contributed by atoms with E-state index >= 15 is 0 Å². The second-order valence-electron chi connectivity index (χ2n) is 3.48. The minimum Gasteiger partial charge on any atom is -0.273 e. The maximum atomic E-state index is 10.7. The lowest BCUT2D eigenvalue weighted by Gasteiger charge is -2.18. The van der Waals surface area contributed by atoms with E-state index in [9.17, 15) is 4.79 Å². The van der Waals surface area contributed by atoms with Gasteiger partial charge in [-0.25, -0.2) is 5.48 Å². The van der Waals surface area contributed by atoms with Crippen LogP contribution in [0.2, 0.25) is 0 Å². The third-order valence-electron chi connectivity index (χ3n) is 1.68. The van der Waals surface area contributed by atoms with Gasteiger partial charge in [-0.15, -0.1) is 0 Å². The van der Waals surface area contributed by atoms with Crippen LogP contribution in [0.25, 0.3) is 0 Å². The van der Waals surface area contributed by atoms with Crippen molar-refractivity contribution in [2.75, 3.05) is 6.61 Å². The van der Waals surface area contributed by atoms with E-state index in [2.05, 4.69) is 19.3 Å². The molecule has 0 aromatic rings. The Kier molecular flexibility index (Phi) is 1.94. The zero-order valence-electron chi connectivity index (χ0n) is 6.44. The molecule has 1 aliphatic heterocycles. The molecule has 1 N–H and O–H groups in total. The average Bonchev–Trinajstić information content (AvgIpc) is 1.94. The van der Waals surface area contributed by atoms with E-state index < -0.39 is 0 Å². The van der Waals surface area contributed by atoms with Gasteiger partial charge in [0.1, 0.15) is 0 Å². The summed E-state index contributed by atoms with van der Waals surface area (Å²) >= 11 is 0. The second kappa shape index (κ2) is 2.58. The van der Waals surface area contributed by atoms with Gasteiger partial charge in [0.15, 0.2) is 0 Å². The van der Waals surface area contributed by atoms with Crippen LogP contribution in [0.4, 0.5) is 0 Å². The van der Waals surface area contributed by atoms with E-state index in [0.717, 1.165) is 6.42 Å². The summed E-state index contributed by atoms with van der Waals surface area (Å²) in [7, 11) is 0. The number of rotatable bonds is 0. The molecule has 0 saturated carbocycles. The summed E-state index contributed by atoms with van der Waals surface area (Å²) in [4.78, 5) is 15.7. The Bertz CT molecular complexity index is 143. The average molecular weight is 143 g/mol. The van der Waals surface area contributed by atoms with Gasteiger partial charge in [0.05, 0.1) is 6.61 Å². The molecule has 3 heteroatoms. The monoisotopic (exact) mass is 143 g/mol. The zero-order valence-corrected chi connectivity index (χ0v) is 6.44. The predicted octanol–water partition coefficient (Wildman–Crippen LogP) is 0.854. The zero-order chi connectivity index (χ0) is 7.61. The molecule has 1 fully saturated rings. The summed E-state index contributed by atoms with van der Waals surface area (Å²) in [5, 5.41) is 0. The largest absolute Gasteiger partial charge is 0.273 e. The Labute approximate surface area is 60.7 Å². The fourth-order valence-electron chi connectivity index (χ4n) is 0.887. The van der Waals surface area contributed by atoms with Crippen molar-refractivity contribution in [1.29, 1.82) is 0 Å². The molecule has 58 valence electrons. The third kappa shape index (κ3) is 1.99. The highest BCUT2D eigenvalue weighted by atomic mass is 16.7. The normalized spacial score (nSPS) is 25.2. The first-order chi connectivity index (χ1) is 4.60. The first-order valence-electron chi connectivity index (χ1n) is 3.51. The molecule has 0 aromatic carbocycles. The number of hydrogen-bond acceptors (Lipinski definition) is 2. The number of amides is 1. The third-order valence-corrected chi connectivity index (χ3v) is 1.68. The number of hydrogen-bond donors (Lipinski definition) is 1. The smallest absolute Gasteiger partial charge is 0.243 e. The molecule has 1 saturated heterocycles. The molecule has 0 aliphatic carbocycles. The molecule has 0 radical (unpaired) electrons. The summed E-state index contributed by atoms with van der Waals surface area (Å²) in [5.74, 6) is -0.00873. The first kappa shape index (κ1) is 7.54. The van der Waals surface area contributed by atoms with Crippen LogP contribution in [0.3, 0.4) is 0 Å². The molecule has 0 aromatic heterocycles. The topological polar surface area (TPSA) is 38.3 Å². The molecule has 0 atom stereocenters. The van der Waals surface area contributed by atoms with Crippen LogP contribution in [0.15, 0.2) is 0 Å². The standard InChI is InChI=1S/C7H13NO2/c1-7(2)4-3-6(9)8-10-5-7/h3-5H2,1-2H3,(H,8,9). The highest BCUT2D eigenvalue weighted by Crippen LogP contribution is 2.23. The summed E-state index contributed by atoms with van der Waals surface area (Å²) in [5.41, 5.74) is 2.50. The maximum absolute atomic E-state index is 10.7. The van der Waals surface area contributed by atoms with Crippen LogP contribution in [-0.4, -0.2) is 12.5 Å². The highest BCUT2D eigenvalue weighted by molar-refractivity contribution is 5.74. The lowest BCUT2D eigenvalue weighted by Crippen LogP contribution is -2.22. The van der Waals surface area contributed by atoms with Gasteiger partial charge >= 0.3 is 0 Å². The second-order valence-corrected chi connectivity index (χ2v) is 3.48. The van der Waals surface area contributed by atoms with Crippen LogP contribution in [-0.2, 0) is 9.63 Å². The van der Waals surface area contributed by atoms with E-state index in [0.29, 0.717) is 13.0 Å². The van der Waals surface area contributed by atoms with Gasteiger partial charge in [-0.05, 0) is 11.8 Å². The molecule has 1 amide bonds. The minimum absolute atomic E-state index is 0.00873. The van der Waals surface area contributed by atoms with Gasteiger partial charge in [0.2, 0.25) is 5.91 Å². The fourth-order valence-corrected chi connectivity index (χ4v) is 0.887. The van der Waals surface area contributed by atoms with Crippen LogP contribution in [0.5, 0.6) is 0 Å². The molecule has 0 unspecified atom stereocenters. The fraction of sp³-hybridized carbons (Fsp3) is 0.857. The quantitative estimate of drug-likeness (QED) is 0.546. The van der Waals surface area contributed by atoms with Crippen molar-refractivity contribution in [3.63, 3.8) is 0 Å². The van der Waals surface area contributed by atoms with Gasteiger partial charge < -0.3 is 0 Å². The highest BCUT2D eigenvalue weighted by Gasteiger charge is 2.23. The predicted molar refractivity (Wildman–Crippen MR) is 37.1 cm³/mol. The molecule has 1 aliphatic rings. The van der Waals surface area contributed by atoms with Crippen LogP contribution in [0, 0.1) is 5.41 Å². The first-order valence-corrected chi connectivity index (χ1v) is 3.51. The van der Waals surface area contributed by atoms with Gasteiger partial charge in [-0.1, -0.05) is 13.8 Å². The van der Waals surface area contributed by atoms with Gasteiger partial charge in [0, 0.05) is 6.42 Å². The molecule has 1 rings (SSSR count). The Morgan fingerprint density at radius 1 is 1.60 bits per heavy atom. The van der Waals surface area contributed by atoms with Crippen molar-refractivity contribution in [2.45, 2.75) is 26.7 Å². The summed E-state index contributed by atoms with van der Waals surface area (Å²) in [6, 6.07) is 0. The molecule has 0 spiro atoms. The van der Waals surface area contributed by atoms with Crippen molar-refractivity contribution in [3.05, 3.63) is 0 Å².